The van der Waals surface area contributed by atoms with E-state index in [2.05, 4.69) is 77.2 Å². The number of fused-ring (bicyclic) bond motifs is 1. The molecule has 0 aliphatic carbocycles. The Balaban J connectivity index is 1.76. The summed E-state index contributed by atoms with van der Waals surface area (Å²) in [6, 6.07) is 22.1. The standard InChI is InChI=1S/C24H28N2O/c1-3-19-9-4-5-10-21(19)18-26-16-8-15-25-14-7-13-23(25)24(26)20-11-6-12-22(17-20)27-2/h4-7,9-14,17,24H,3,8,15-16,18H2,1-2H3. The summed E-state index contributed by atoms with van der Waals surface area (Å²) in [4.78, 5) is 2.63. The molecule has 27 heavy (non-hydrogen) atoms. The first-order valence-corrected chi connectivity index (χ1v) is 9.90. The zero-order chi connectivity index (χ0) is 18.6. The summed E-state index contributed by atoms with van der Waals surface area (Å²) >= 11 is 0. The Labute approximate surface area is 162 Å². The Morgan fingerprint density at radius 2 is 1.81 bits per heavy atom. The molecule has 4 rings (SSSR count). The van der Waals surface area contributed by atoms with E-state index in [1.807, 2.05) is 6.07 Å². The fourth-order valence-electron chi connectivity index (χ4n) is 4.28. The van der Waals surface area contributed by atoms with E-state index < -0.39 is 0 Å². The van der Waals surface area contributed by atoms with Crippen LogP contribution in [0, 0.1) is 0 Å². The predicted octanol–water partition coefficient (Wildman–Crippen LogP) is 5.05. The van der Waals surface area contributed by atoms with Gasteiger partial charge in [-0.15, -0.1) is 0 Å². The molecule has 1 atom stereocenters. The normalized spacial score (nSPS) is 17.3. The molecule has 0 spiro atoms. The summed E-state index contributed by atoms with van der Waals surface area (Å²) in [5.74, 6) is 0.920. The van der Waals surface area contributed by atoms with E-state index in [1.54, 1.807) is 7.11 Å². The molecule has 0 fully saturated rings. The lowest BCUT2D eigenvalue weighted by Crippen LogP contribution is -2.30. The van der Waals surface area contributed by atoms with Crippen molar-refractivity contribution >= 4 is 0 Å². The van der Waals surface area contributed by atoms with Gasteiger partial charge in [0.1, 0.15) is 5.75 Å². The minimum Gasteiger partial charge on any atom is -0.497 e. The van der Waals surface area contributed by atoms with E-state index in [1.165, 1.54) is 22.4 Å². The van der Waals surface area contributed by atoms with Crippen LogP contribution in [0.4, 0.5) is 0 Å². The van der Waals surface area contributed by atoms with Crippen LogP contribution in [-0.2, 0) is 19.5 Å². The second-order valence-electron chi connectivity index (χ2n) is 7.25. The monoisotopic (exact) mass is 360 g/mol. The van der Waals surface area contributed by atoms with Crippen LogP contribution in [0.5, 0.6) is 5.75 Å². The molecular weight excluding hydrogens is 332 g/mol. The molecule has 0 radical (unpaired) electrons. The Morgan fingerprint density at radius 3 is 2.63 bits per heavy atom. The molecular formula is C24H28N2O. The SMILES string of the molecule is CCc1ccccc1CN1CCCn2cccc2C1c1cccc(OC)c1. The number of benzene rings is 2. The van der Waals surface area contributed by atoms with E-state index >= 15 is 0 Å². The number of aromatic nitrogens is 1. The largest absolute Gasteiger partial charge is 0.497 e. The highest BCUT2D eigenvalue weighted by Gasteiger charge is 2.28. The van der Waals surface area contributed by atoms with Gasteiger partial charge in [-0.05, 0) is 53.8 Å². The molecule has 1 aliphatic rings. The minimum absolute atomic E-state index is 0.238. The molecule has 2 heterocycles. The number of hydrogen-bond donors (Lipinski definition) is 0. The van der Waals surface area contributed by atoms with Crippen molar-refractivity contribution in [2.75, 3.05) is 13.7 Å². The lowest BCUT2D eigenvalue weighted by Gasteiger charge is -2.31. The van der Waals surface area contributed by atoms with Crippen molar-refractivity contribution in [3.05, 3.63) is 89.2 Å². The Hall–Kier alpha value is -2.52. The van der Waals surface area contributed by atoms with Crippen molar-refractivity contribution < 1.29 is 4.74 Å². The molecule has 1 aromatic heterocycles. The first-order valence-electron chi connectivity index (χ1n) is 9.90. The second-order valence-corrected chi connectivity index (χ2v) is 7.25. The summed E-state index contributed by atoms with van der Waals surface area (Å²) in [5, 5.41) is 0. The van der Waals surface area contributed by atoms with Crippen molar-refractivity contribution in [1.82, 2.24) is 9.47 Å². The van der Waals surface area contributed by atoms with Gasteiger partial charge in [-0.3, -0.25) is 4.90 Å². The van der Waals surface area contributed by atoms with E-state index in [4.69, 9.17) is 4.74 Å². The van der Waals surface area contributed by atoms with Gasteiger partial charge in [0.05, 0.1) is 13.2 Å². The third-order valence-electron chi connectivity index (χ3n) is 5.64. The van der Waals surface area contributed by atoms with Gasteiger partial charge in [-0.1, -0.05) is 43.3 Å². The van der Waals surface area contributed by atoms with E-state index in [9.17, 15) is 0 Å². The molecule has 3 heteroatoms. The maximum absolute atomic E-state index is 5.51. The number of hydrogen-bond acceptors (Lipinski definition) is 2. The number of methoxy groups -OCH3 is 1. The molecule has 0 bridgehead atoms. The summed E-state index contributed by atoms with van der Waals surface area (Å²) < 4.78 is 7.92. The van der Waals surface area contributed by atoms with Gasteiger partial charge in [-0.25, -0.2) is 0 Å². The van der Waals surface area contributed by atoms with Gasteiger partial charge >= 0.3 is 0 Å². The molecule has 0 saturated heterocycles. The zero-order valence-corrected chi connectivity index (χ0v) is 16.3. The van der Waals surface area contributed by atoms with Gasteiger partial charge in [0.15, 0.2) is 0 Å². The van der Waals surface area contributed by atoms with Crippen molar-refractivity contribution in [1.29, 1.82) is 0 Å². The highest BCUT2D eigenvalue weighted by molar-refractivity contribution is 5.36. The molecule has 1 aliphatic heterocycles. The average Bonchev–Trinajstić information content (AvgIpc) is 3.09. The molecule has 0 saturated carbocycles. The van der Waals surface area contributed by atoms with Crippen LogP contribution in [0.3, 0.4) is 0 Å². The molecule has 1 unspecified atom stereocenters. The molecule has 140 valence electrons. The number of rotatable bonds is 5. The Morgan fingerprint density at radius 1 is 0.963 bits per heavy atom. The van der Waals surface area contributed by atoms with Gasteiger partial charge in [0.2, 0.25) is 0 Å². The lowest BCUT2D eigenvalue weighted by atomic mass is 9.99. The summed E-state index contributed by atoms with van der Waals surface area (Å²) in [6.45, 7) is 5.37. The maximum atomic E-state index is 5.51. The highest BCUT2D eigenvalue weighted by Crippen LogP contribution is 2.34. The second kappa shape index (κ2) is 8.01. The van der Waals surface area contributed by atoms with Crippen LogP contribution in [0.2, 0.25) is 0 Å². The zero-order valence-electron chi connectivity index (χ0n) is 16.3. The topological polar surface area (TPSA) is 17.4 Å². The van der Waals surface area contributed by atoms with Crippen molar-refractivity contribution in [2.24, 2.45) is 0 Å². The smallest absolute Gasteiger partial charge is 0.119 e. The van der Waals surface area contributed by atoms with Crippen LogP contribution < -0.4 is 4.74 Å². The lowest BCUT2D eigenvalue weighted by molar-refractivity contribution is 0.219. The Bertz CT molecular complexity index is 899. The van der Waals surface area contributed by atoms with E-state index in [-0.39, 0.29) is 6.04 Å². The third kappa shape index (κ3) is 3.65. The average molecular weight is 361 g/mol. The summed E-state index contributed by atoms with van der Waals surface area (Å²) in [7, 11) is 1.74. The Kier molecular flexibility index (Phi) is 5.30. The predicted molar refractivity (Wildman–Crippen MR) is 110 cm³/mol. The molecule has 0 N–H and O–H groups in total. The first-order chi connectivity index (χ1) is 13.3. The molecule has 2 aromatic carbocycles. The molecule has 3 aromatic rings. The molecule has 3 nitrogen and oxygen atoms in total. The van der Waals surface area contributed by atoms with Crippen LogP contribution in [0.15, 0.2) is 66.9 Å². The fraction of sp³-hybridized carbons (Fsp3) is 0.333. The number of aryl methyl sites for hydroxylation is 2. The first kappa shape index (κ1) is 17.9. The van der Waals surface area contributed by atoms with Crippen molar-refractivity contribution in [2.45, 2.75) is 38.9 Å². The summed E-state index contributed by atoms with van der Waals surface area (Å²) in [5.41, 5.74) is 5.55. The maximum Gasteiger partial charge on any atom is 0.119 e. The van der Waals surface area contributed by atoms with Crippen molar-refractivity contribution in [3.8, 4) is 5.75 Å². The van der Waals surface area contributed by atoms with Crippen LogP contribution in [0.25, 0.3) is 0 Å². The van der Waals surface area contributed by atoms with Gasteiger partial charge < -0.3 is 9.30 Å². The third-order valence-corrected chi connectivity index (χ3v) is 5.64. The van der Waals surface area contributed by atoms with Crippen LogP contribution in [-0.4, -0.2) is 23.1 Å². The van der Waals surface area contributed by atoms with E-state index in [0.717, 1.165) is 38.2 Å². The molecule has 0 amide bonds. The minimum atomic E-state index is 0.238. The quantitative estimate of drug-likeness (QED) is 0.633. The highest BCUT2D eigenvalue weighted by atomic mass is 16.5. The van der Waals surface area contributed by atoms with Gasteiger partial charge in [0, 0.05) is 31.5 Å². The van der Waals surface area contributed by atoms with Crippen LogP contribution in [0.1, 0.15) is 41.8 Å². The number of ether oxygens (including phenoxy) is 1. The van der Waals surface area contributed by atoms with Gasteiger partial charge in [0.25, 0.3) is 0 Å². The summed E-state index contributed by atoms with van der Waals surface area (Å²) in [6.07, 6.45) is 4.45. The van der Waals surface area contributed by atoms with E-state index in [0.29, 0.717) is 0 Å². The fourth-order valence-corrected chi connectivity index (χ4v) is 4.28. The van der Waals surface area contributed by atoms with Crippen LogP contribution >= 0.6 is 0 Å². The van der Waals surface area contributed by atoms with Gasteiger partial charge in [-0.2, -0.15) is 0 Å². The number of nitrogens with zero attached hydrogens (tertiary/aromatic N) is 2. The van der Waals surface area contributed by atoms with Crippen molar-refractivity contribution in [3.63, 3.8) is 0 Å².